The maximum atomic E-state index is 12.2. The second-order valence-corrected chi connectivity index (χ2v) is 33.0. The third-order valence-corrected chi connectivity index (χ3v) is 22.9. The molecule has 122 heavy (non-hydrogen) atoms. The lowest BCUT2D eigenvalue weighted by Crippen LogP contribution is -2.45. The van der Waals surface area contributed by atoms with E-state index in [4.69, 9.17) is 49.2 Å². The van der Waals surface area contributed by atoms with Crippen LogP contribution < -0.4 is 11.1 Å². The molecular weight excluding hydrogens is 1560 g/mol. The molecule has 8 aliphatic heterocycles. The van der Waals surface area contributed by atoms with Crippen LogP contribution in [-0.2, 0) is 82.3 Å². The zero-order chi connectivity index (χ0) is 86.7. The van der Waals surface area contributed by atoms with Crippen molar-refractivity contribution in [3.8, 4) is 0 Å². The Kier molecular flexibility index (Phi) is 40.8. The highest BCUT2D eigenvalue weighted by atomic mass is 16.6. The number of nitrogens with two attached hydrogens (primary N) is 1. The Morgan fingerprint density at radius 3 is 1.01 bits per heavy atom. The first kappa shape index (κ1) is 95.5. The predicted octanol–water partition coefficient (Wildman–Crippen LogP) is 13.9. The minimum absolute atomic E-state index is 0.0260. The molecule has 8 saturated heterocycles. The Bertz CT molecular complexity index is 3950. The number of carbonyl (C=O) groups excluding carboxylic acids is 7. The Morgan fingerprint density at radius 1 is 0.443 bits per heavy atom. The number of aldehydes is 1. The average Bonchev–Trinajstić information content (AvgIpc) is 1.68. The molecule has 6 N–H and O–H groups in total. The lowest BCUT2D eigenvalue weighted by molar-refractivity contribution is -0.112. The highest BCUT2D eigenvalue weighted by molar-refractivity contribution is 5.70. The van der Waals surface area contributed by atoms with Crippen LogP contribution in [0.4, 0.5) is 28.8 Å². The Morgan fingerprint density at radius 2 is 0.721 bits per heavy atom. The summed E-state index contributed by atoms with van der Waals surface area (Å²) in [5.74, 6) is 1.85. The summed E-state index contributed by atoms with van der Waals surface area (Å²) in [6, 6.07) is 58.8. The van der Waals surface area contributed by atoms with E-state index in [9.17, 15) is 48.9 Å². The number of hydrogen-bond donors (Lipinski definition) is 5. The van der Waals surface area contributed by atoms with Crippen LogP contribution in [0.2, 0.25) is 0 Å². The van der Waals surface area contributed by atoms with Crippen molar-refractivity contribution in [2.75, 3.05) is 111 Å². The van der Waals surface area contributed by atoms with Gasteiger partial charge in [-0.1, -0.05) is 187 Å². The van der Waals surface area contributed by atoms with Crippen LogP contribution in [0.3, 0.4) is 0 Å². The van der Waals surface area contributed by atoms with E-state index in [1.54, 1.807) is 35.5 Å². The molecule has 0 saturated carbocycles. The Balaban J connectivity index is 0.000000167. The summed E-state index contributed by atoms with van der Waals surface area (Å²) in [6.07, 6.45) is 8.83. The van der Waals surface area contributed by atoms with E-state index in [0.717, 1.165) is 144 Å². The van der Waals surface area contributed by atoms with Crippen LogP contribution in [0, 0.1) is 35.5 Å². The quantitative estimate of drug-likeness (QED) is 0.00993. The lowest BCUT2D eigenvalue weighted by atomic mass is 9.91. The fourth-order valence-corrected chi connectivity index (χ4v) is 15.2. The average molecular weight is 1690 g/mol. The van der Waals surface area contributed by atoms with Gasteiger partial charge in [0.25, 0.3) is 0 Å². The zero-order valence-electron chi connectivity index (χ0n) is 71.1. The molecule has 6 aromatic carbocycles. The predicted molar refractivity (Wildman–Crippen MR) is 460 cm³/mol. The van der Waals surface area contributed by atoms with Crippen LogP contribution in [-0.4, -0.2) is 235 Å². The number of nitrogens with zero attached hydrogens (tertiary/aromatic N) is 9. The molecule has 8 aliphatic rings. The van der Waals surface area contributed by atoms with Crippen molar-refractivity contribution in [1.82, 2.24) is 34.7 Å². The molecule has 2 unspecified atom stereocenters. The molecule has 5 atom stereocenters. The molecule has 29 heteroatoms. The second kappa shape index (κ2) is 52.2. The molecule has 662 valence electrons. The highest BCUT2D eigenvalue weighted by Gasteiger charge is 2.38. The summed E-state index contributed by atoms with van der Waals surface area (Å²) in [5, 5.41) is 35.9. The molecule has 6 amide bonds. The molecule has 0 radical (unpaired) electrons. The van der Waals surface area contributed by atoms with Gasteiger partial charge in [0, 0.05) is 95.9 Å². The van der Waals surface area contributed by atoms with Gasteiger partial charge in [-0.2, -0.15) is 0 Å². The fourth-order valence-electron chi connectivity index (χ4n) is 15.2. The third-order valence-electron chi connectivity index (χ3n) is 22.9. The van der Waals surface area contributed by atoms with Crippen molar-refractivity contribution >= 4 is 42.8 Å². The van der Waals surface area contributed by atoms with Gasteiger partial charge in [-0.3, -0.25) is 4.90 Å². The summed E-state index contributed by atoms with van der Waals surface area (Å²) in [7, 11) is 0. The second-order valence-electron chi connectivity index (χ2n) is 33.0. The number of ether oxygens (including phenoxy) is 8. The van der Waals surface area contributed by atoms with Crippen molar-refractivity contribution in [3.63, 3.8) is 0 Å². The van der Waals surface area contributed by atoms with E-state index >= 15 is 0 Å². The number of likely N-dealkylation sites (tertiary alicyclic amines) is 6. The number of aliphatic hydroxyl groups excluding tert-OH is 3. The maximum absolute atomic E-state index is 12.2. The monoisotopic (exact) mass is 1690 g/mol. The molecule has 0 spiro atoms. The summed E-state index contributed by atoms with van der Waals surface area (Å²) >= 11 is 0. The standard InChI is InChI=1S/C20H30N2O5.C15H20N4O3.2C15H19NO3.C14H22N2O.C14H17NO3/c1-20(2,3)27-18(24)21-13-17(23)16-9-11-22(12-10-16)19(25)26-14-15-7-5-4-6-8-15;16-18-17-10-14(20)13-6-8-19(9-7-13)15(21)22-11-12-4-2-1-3-5-12;2*17-15(19-10-12-4-2-1-3-5-12)16-8-6-13(7-9-16)14-11-18-14;15-10-14(17)13-6-8-16(9-7-13)11-12-4-2-1-3-5-12;16-10-12-6-8-15(9-7-12)14(17)18-11-13-4-2-1-3-5-13/h4-8,16-17,23H,9-14H2,1-3H3,(H,21,24);1-5,13-14,20H,6-11H2;2*1-5,13-14H,6-11H2;1-5,13-14,17H,6-11,15H2;1-5,10,12H,6-9,11H2/t17-;14-;;;14-;/m11..1./s1. The number of epoxide rings is 2. The normalized spacial score (nSPS) is 19.1. The summed E-state index contributed by atoms with van der Waals surface area (Å²) < 4.78 is 42.3. The van der Waals surface area contributed by atoms with Crippen LogP contribution >= 0.6 is 0 Å². The first-order valence-electron chi connectivity index (χ1n) is 43.1. The number of aliphatic hydroxyl groups is 3. The Hall–Kier alpha value is -10.4. The van der Waals surface area contributed by atoms with Crippen molar-refractivity contribution in [1.29, 1.82) is 0 Å². The Labute approximate surface area is 718 Å². The minimum Gasteiger partial charge on any atom is -0.445 e. The first-order chi connectivity index (χ1) is 59.2. The lowest BCUT2D eigenvalue weighted by Gasteiger charge is -2.33. The number of hydrogen-bond acceptors (Lipinski definition) is 21. The van der Waals surface area contributed by atoms with Crippen LogP contribution in [0.5, 0.6) is 0 Å². The molecule has 14 rings (SSSR count). The number of nitrogens with one attached hydrogen (secondary N) is 1. The number of carbonyl (C=O) groups is 7. The summed E-state index contributed by atoms with van der Waals surface area (Å²) in [6.45, 7) is 19.0. The van der Waals surface area contributed by atoms with Crippen molar-refractivity contribution in [3.05, 3.63) is 226 Å². The topological polar surface area (TPSA) is 367 Å². The van der Waals surface area contributed by atoms with E-state index in [-0.39, 0.29) is 80.6 Å². The zero-order valence-corrected chi connectivity index (χ0v) is 71.1. The van der Waals surface area contributed by atoms with Crippen molar-refractivity contribution < 1.29 is 86.8 Å². The molecule has 0 aliphatic carbocycles. The van der Waals surface area contributed by atoms with E-state index in [0.29, 0.717) is 121 Å². The van der Waals surface area contributed by atoms with Crippen molar-refractivity contribution in [2.24, 2.45) is 46.4 Å². The SMILES string of the molecule is CC(C)(C)OC(=O)NC[C@@H](O)C1CCN(C(=O)OCc2ccccc2)CC1.NC[C@@H](O)C1CCN(Cc2ccccc2)CC1.O=C(OCc1ccccc1)N1CCC(C2CO2)CC1.O=C(OCc1ccccc1)N1CCC(C2CO2)CC1.O=CC1CCN(C(=O)OCc2ccccc2)CC1.[N-]=[N+]=NC[C@@H](O)C1CCN(C(=O)OCc2ccccc2)CC1. The number of amides is 6. The number of benzene rings is 6. The van der Waals surface area contributed by atoms with E-state index in [1.165, 1.54) is 5.56 Å². The summed E-state index contributed by atoms with van der Waals surface area (Å²) in [4.78, 5) is 95.8. The molecule has 0 bridgehead atoms. The molecule has 29 nitrogen and oxygen atoms in total. The number of rotatable bonds is 23. The van der Waals surface area contributed by atoms with Gasteiger partial charge in [-0.25, -0.2) is 28.8 Å². The van der Waals surface area contributed by atoms with Gasteiger partial charge in [0.15, 0.2) is 0 Å². The molecular formula is C93H127N11O18. The van der Waals surface area contributed by atoms with Gasteiger partial charge in [0.05, 0.1) is 50.3 Å². The van der Waals surface area contributed by atoms with Crippen LogP contribution in [0.1, 0.15) is 131 Å². The van der Waals surface area contributed by atoms with Crippen LogP contribution in [0.25, 0.3) is 10.4 Å². The van der Waals surface area contributed by atoms with Gasteiger partial charge in [0.2, 0.25) is 0 Å². The highest BCUT2D eigenvalue weighted by Crippen LogP contribution is 2.32. The van der Waals surface area contributed by atoms with Crippen molar-refractivity contribution in [2.45, 2.75) is 174 Å². The number of piperidine rings is 6. The van der Waals surface area contributed by atoms with Gasteiger partial charge >= 0.3 is 36.6 Å². The smallest absolute Gasteiger partial charge is 0.410 e. The van der Waals surface area contributed by atoms with Gasteiger partial charge in [-0.15, -0.1) is 0 Å². The fraction of sp³-hybridized carbons (Fsp3) is 0.538. The summed E-state index contributed by atoms with van der Waals surface area (Å²) in [5.41, 5.74) is 19.5. The van der Waals surface area contributed by atoms with E-state index in [1.807, 2.05) is 168 Å². The molecule has 0 aromatic heterocycles. The van der Waals surface area contributed by atoms with Gasteiger partial charge in [0.1, 0.15) is 44.9 Å². The first-order valence-corrected chi connectivity index (χ1v) is 43.1. The van der Waals surface area contributed by atoms with Gasteiger partial charge in [-0.05, 0) is 179 Å². The molecule has 8 heterocycles. The maximum Gasteiger partial charge on any atom is 0.410 e. The van der Waals surface area contributed by atoms with E-state index < -0.39 is 23.9 Å². The largest absolute Gasteiger partial charge is 0.445 e. The molecule has 8 fully saturated rings. The third kappa shape index (κ3) is 35.6. The van der Waals surface area contributed by atoms with Crippen LogP contribution in [0.15, 0.2) is 187 Å². The minimum atomic E-state index is -0.667. The van der Waals surface area contributed by atoms with Gasteiger partial charge < -0.3 is 93.6 Å². The number of azide groups is 1. The number of alkyl carbamates (subject to hydrolysis) is 1. The molecule has 6 aromatic rings. The van der Waals surface area contributed by atoms with E-state index in [2.05, 4.69) is 44.5 Å².